The number of alkyl halides is 2. The number of ether oxygens (including phenoxy) is 1. The summed E-state index contributed by atoms with van der Waals surface area (Å²) in [6.45, 7) is 0.410. The summed E-state index contributed by atoms with van der Waals surface area (Å²) >= 11 is 1.13. The van der Waals surface area contributed by atoms with Crippen LogP contribution in [0.1, 0.15) is 0 Å². The van der Waals surface area contributed by atoms with Gasteiger partial charge in [-0.2, -0.15) is 13.8 Å². The van der Waals surface area contributed by atoms with Crippen molar-refractivity contribution in [1.82, 2.24) is 0 Å². The number of hydrogen-bond acceptors (Lipinski definition) is 3. The Kier molecular flexibility index (Phi) is 5.96. The van der Waals surface area contributed by atoms with E-state index in [4.69, 9.17) is 5.73 Å². The Labute approximate surface area is 79.4 Å². The molecule has 0 unspecified atom stereocenters. The molecule has 0 aliphatic heterocycles. The minimum Gasteiger partial charge on any atom is -0.417 e. The molecule has 6 heteroatoms. The number of nitrogens with zero attached hydrogens (tertiary/aromatic N) is 1. The minimum absolute atomic E-state index is 0.147. The summed E-state index contributed by atoms with van der Waals surface area (Å²) in [5.74, 6) is -0.253. The van der Waals surface area contributed by atoms with Crippen LogP contribution in [0.5, 0.6) is 0 Å². The average Bonchev–Trinajstić information content (AvgIpc) is 2.03. The van der Waals surface area contributed by atoms with Crippen molar-refractivity contribution in [2.75, 3.05) is 6.26 Å². The van der Waals surface area contributed by atoms with Crippen molar-refractivity contribution in [2.24, 2.45) is 10.7 Å². The maximum atomic E-state index is 11.7. The minimum atomic E-state index is -2.91. The van der Waals surface area contributed by atoms with E-state index in [0.29, 0.717) is 0 Å². The van der Waals surface area contributed by atoms with Gasteiger partial charge < -0.3 is 10.5 Å². The first-order valence-electron chi connectivity index (χ1n) is 3.25. The van der Waals surface area contributed by atoms with Gasteiger partial charge in [0.2, 0.25) is 5.88 Å². The number of amidine groups is 1. The molecule has 0 heterocycles. The zero-order chi connectivity index (χ0) is 10.3. The van der Waals surface area contributed by atoms with Gasteiger partial charge in [-0.15, -0.1) is 0 Å². The number of hydrogen-bond donors (Lipinski definition) is 1. The largest absolute Gasteiger partial charge is 0.417 e. The molecule has 0 spiro atoms. The van der Waals surface area contributed by atoms with Gasteiger partial charge in [-0.1, -0.05) is 24.4 Å². The lowest BCUT2D eigenvalue weighted by Crippen LogP contribution is -2.07. The van der Waals surface area contributed by atoms with Gasteiger partial charge in [0.25, 0.3) is 0 Å². The monoisotopic (exact) mass is 208 g/mol. The Bertz CT molecular complexity index is 229. The molecule has 0 amide bonds. The van der Waals surface area contributed by atoms with E-state index in [0.717, 1.165) is 11.8 Å². The molecule has 74 valence electrons. The fourth-order valence-corrected chi connectivity index (χ4v) is 0.631. The third kappa shape index (κ3) is 6.15. The lowest BCUT2D eigenvalue weighted by molar-refractivity contribution is -0.0964. The molecule has 0 aliphatic carbocycles. The number of nitrogens with two attached hydrogens (primary N) is 1. The highest BCUT2D eigenvalue weighted by atomic mass is 32.2. The van der Waals surface area contributed by atoms with E-state index in [1.54, 1.807) is 6.26 Å². The summed E-state index contributed by atoms with van der Waals surface area (Å²) in [6, 6.07) is 0. The van der Waals surface area contributed by atoms with Crippen molar-refractivity contribution in [2.45, 2.75) is 6.61 Å². The first-order valence-corrected chi connectivity index (χ1v) is 4.48. The number of halogens is 2. The Balaban J connectivity index is 4.44. The number of thioether (sulfide) groups is 1. The van der Waals surface area contributed by atoms with E-state index in [1.807, 2.05) is 0 Å². The van der Waals surface area contributed by atoms with E-state index in [-0.39, 0.29) is 11.1 Å². The molecule has 0 bridgehead atoms. The van der Waals surface area contributed by atoms with E-state index in [2.05, 4.69) is 16.3 Å². The Morgan fingerprint density at radius 2 is 2.31 bits per heavy atom. The van der Waals surface area contributed by atoms with Gasteiger partial charge in [0.1, 0.15) is 0 Å². The predicted octanol–water partition coefficient (Wildman–Crippen LogP) is 1.93. The second kappa shape index (κ2) is 6.47. The van der Waals surface area contributed by atoms with Crippen molar-refractivity contribution in [3.8, 4) is 0 Å². The van der Waals surface area contributed by atoms with Gasteiger partial charge >= 0.3 is 6.61 Å². The van der Waals surface area contributed by atoms with Crippen molar-refractivity contribution in [3.63, 3.8) is 0 Å². The van der Waals surface area contributed by atoms with Crippen LogP contribution in [0.15, 0.2) is 29.6 Å². The maximum absolute atomic E-state index is 11.7. The first-order chi connectivity index (χ1) is 6.10. The summed E-state index contributed by atoms with van der Waals surface area (Å²) in [6.07, 6.45) is 4.16. The summed E-state index contributed by atoms with van der Waals surface area (Å²) < 4.78 is 27.5. The summed E-state index contributed by atoms with van der Waals surface area (Å²) in [4.78, 5) is 3.57. The molecular weight excluding hydrogens is 198 g/mol. The average molecular weight is 208 g/mol. The second-order valence-corrected chi connectivity index (χ2v) is 2.60. The fraction of sp³-hybridized carbons (Fsp3) is 0.286. The molecule has 0 aromatic rings. The molecule has 13 heavy (non-hydrogen) atoms. The molecule has 0 saturated heterocycles. The van der Waals surface area contributed by atoms with Crippen LogP contribution in [-0.2, 0) is 4.74 Å². The molecule has 0 aromatic heterocycles. The highest BCUT2D eigenvalue weighted by Gasteiger charge is 2.05. The fourth-order valence-electron chi connectivity index (χ4n) is 0.449. The Hall–Kier alpha value is -1.04. The van der Waals surface area contributed by atoms with Crippen LogP contribution >= 0.6 is 11.8 Å². The van der Waals surface area contributed by atoms with Crippen molar-refractivity contribution < 1.29 is 13.5 Å². The molecule has 0 aliphatic rings. The Morgan fingerprint density at radius 1 is 1.69 bits per heavy atom. The molecule has 0 rings (SSSR count). The topological polar surface area (TPSA) is 47.6 Å². The number of rotatable bonds is 4. The predicted molar refractivity (Wildman–Crippen MR) is 50.5 cm³/mol. The number of allylic oxidation sites excluding steroid dienone is 2. The SMILES string of the molecule is C=C/C=C(\N=C(N)SC)OC(F)F. The summed E-state index contributed by atoms with van der Waals surface area (Å²) in [5.41, 5.74) is 5.29. The number of aliphatic imine (C=N–C) groups is 1. The van der Waals surface area contributed by atoms with Crippen LogP contribution < -0.4 is 5.73 Å². The lowest BCUT2D eigenvalue weighted by atomic mass is 10.6. The second-order valence-electron chi connectivity index (χ2n) is 1.77. The smallest absolute Gasteiger partial charge is 0.388 e. The Morgan fingerprint density at radius 3 is 2.69 bits per heavy atom. The van der Waals surface area contributed by atoms with E-state index >= 15 is 0 Å². The maximum Gasteiger partial charge on any atom is 0.388 e. The van der Waals surface area contributed by atoms with Crippen LogP contribution in [0.25, 0.3) is 0 Å². The van der Waals surface area contributed by atoms with Crippen LogP contribution in [-0.4, -0.2) is 18.0 Å². The van der Waals surface area contributed by atoms with E-state index in [1.165, 1.54) is 12.2 Å². The van der Waals surface area contributed by atoms with Crippen LogP contribution in [0.4, 0.5) is 8.78 Å². The van der Waals surface area contributed by atoms with Gasteiger partial charge in [-0.25, -0.2) is 0 Å². The van der Waals surface area contributed by atoms with Gasteiger partial charge in [0.05, 0.1) is 0 Å². The standard InChI is InChI=1S/C7H10F2N2OS/c1-3-4-5(12-6(8)9)11-7(10)13-2/h3-4,6H,1H2,2H3,(H2,10,11)/b5-4+. The quantitative estimate of drug-likeness (QED) is 0.332. The molecule has 0 aromatic carbocycles. The third-order valence-corrected chi connectivity index (χ3v) is 1.41. The van der Waals surface area contributed by atoms with E-state index in [9.17, 15) is 8.78 Å². The van der Waals surface area contributed by atoms with Crippen LogP contribution in [0.2, 0.25) is 0 Å². The van der Waals surface area contributed by atoms with Gasteiger partial charge in [0, 0.05) is 0 Å². The van der Waals surface area contributed by atoms with Crippen molar-refractivity contribution in [1.29, 1.82) is 0 Å². The zero-order valence-corrected chi connectivity index (χ0v) is 7.85. The van der Waals surface area contributed by atoms with E-state index < -0.39 is 6.61 Å². The van der Waals surface area contributed by atoms with Crippen molar-refractivity contribution >= 4 is 16.9 Å². The van der Waals surface area contributed by atoms with Gasteiger partial charge in [0.15, 0.2) is 5.17 Å². The molecule has 0 saturated carbocycles. The molecule has 0 radical (unpaired) electrons. The molecule has 2 N–H and O–H groups in total. The van der Waals surface area contributed by atoms with Crippen LogP contribution in [0.3, 0.4) is 0 Å². The van der Waals surface area contributed by atoms with Gasteiger partial charge in [-0.05, 0) is 12.3 Å². The molecule has 0 atom stereocenters. The highest BCUT2D eigenvalue weighted by molar-refractivity contribution is 8.13. The highest BCUT2D eigenvalue weighted by Crippen LogP contribution is 2.08. The molecular formula is C7H10F2N2OS. The zero-order valence-electron chi connectivity index (χ0n) is 7.04. The van der Waals surface area contributed by atoms with Gasteiger partial charge in [-0.3, -0.25) is 0 Å². The molecule has 3 nitrogen and oxygen atoms in total. The first kappa shape index (κ1) is 12.0. The van der Waals surface area contributed by atoms with Crippen LogP contribution in [0, 0.1) is 0 Å². The third-order valence-electron chi connectivity index (χ3n) is 0.900. The normalized spacial score (nSPS) is 13.2. The van der Waals surface area contributed by atoms with Crippen molar-refractivity contribution in [3.05, 3.63) is 24.6 Å². The summed E-state index contributed by atoms with van der Waals surface area (Å²) in [7, 11) is 0. The molecule has 0 fully saturated rings. The summed E-state index contributed by atoms with van der Waals surface area (Å²) in [5, 5.41) is 0.147. The lowest BCUT2D eigenvalue weighted by Gasteiger charge is -2.03.